The molecule has 26 heavy (non-hydrogen) atoms. The number of aromatic hydroxyl groups is 1. The third kappa shape index (κ3) is 3.72. The van der Waals surface area contributed by atoms with Gasteiger partial charge in [-0.05, 0) is 22.6 Å². The molecule has 5 nitrogen and oxygen atoms in total. The van der Waals surface area contributed by atoms with E-state index >= 15 is 0 Å². The third-order valence-corrected chi connectivity index (χ3v) is 4.64. The molecule has 0 unspecified atom stereocenters. The highest BCUT2D eigenvalue weighted by molar-refractivity contribution is 6.01. The fraction of sp³-hybridized carbons (Fsp3) is 0.333. The molecule has 1 heterocycles. The Kier molecular flexibility index (Phi) is 4.72. The molecule has 0 atom stereocenters. The van der Waals surface area contributed by atoms with E-state index in [2.05, 4.69) is 20.8 Å². The van der Waals surface area contributed by atoms with Crippen molar-refractivity contribution in [3.63, 3.8) is 0 Å². The van der Waals surface area contributed by atoms with Crippen molar-refractivity contribution in [1.29, 1.82) is 0 Å². The molecular formula is C21H24N2O3. The van der Waals surface area contributed by atoms with Crippen LogP contribution in [0.15, 0.2) is 48.5 Å². The van der Waals surface area contributed by atoms with Crippen LogP contribution in [0, 0.1) is 0 Å². The predicted molar refractivity (Wildman–Crippen MR) is 99.6 cm³/mol. The lowest BCUT2D eigenvalue weighted by Crippen LogP contribution is -2.32. The zero-order valence-electron chi connectivity index (χ0n) is 15.4. The second-order valence-corrected chi connectivity index (χ2v) is 7.69. The van der Waals surface area contributed by atoms with E-state index in [9.17, 15) is 14.7 Å². The van der Waals surface area contributed by atoms with Crippen LogP contribution < -0.4 is 0 Å². The van der Waals surface area contributed by atoms with Crippen LogP contribution in [-0.2, 0) is 23.3 Å². The third-order valence-electron chi connectivity index (χ3n) is 4.64. The number of para-hydroxylation sites is 1. The zero-order valence-corrected chi connectivity index (χ0v) is 15.4. The van der Waals surface area contributed by atoms with E-state index in [4.69, 9.17) is 0 Å². The molecule has 1 aliphatic heterocycles. The van der Waals surface area contributed by atoms with Crippen molar-refractivity contribution < 1.29 is 14.7 Å². The molecular weight excluding hydrogens is 328 g/mol. The number of carbonyl (C=O) groups is 2. The summed E-state index contributed by atoms with van der Waals surface area (Å²) in [5.74, 6) is -0.0886. The highest BCUT2D eigenvalue weighted by Gasteiger charge is 2.36. The minimum Gasteiger partial charge on any atom is -0.508 e. The largest absolute Gasteiger partial charge is 0.508 e. The molecule has 1 N–H and O–H groups in total. The van der Waals surface area contributed by atoms with E-state index in [1.165, 1.54) is 15.4 Å². The summed E-state index contributed by atoms with van der Waals surface area (Å²) in [6.07, 6.45) is 0. The second-order valence-electron chi connectivity index (χ2n) is 7.69. The molecule has 0 saturated carbocycles. The van der Waals surface area contributed by atoms with E-state index in [1.54, 1.807) is 24.3 Å². The van der Waals surface area contributed by atoms with Crippen LogP contribution in [0.1, 0.15) is 37.5 Å². The highest BCUT2D eigenvalue weighted by atomic mass is 16.3. The Morgan fingerprint density at radius 1 is 0.962 bits per heavy atom. The first kappa shape index (κ1) is 18.0. The quantitative estimate of drug-likeness (QED) is 0.855. The molecule has 1 aliphatic rings. The number of carbonyl (C=O) groups excluding carboxylic acids is 2. The molecule has 0 radical (unpaired) electrons. The highest BCUT2D eigenvalue weighted by Crippen LogP contribution is 2.24. The normalized spacial score (nSPS) is 15.0. The minimum absolute atomic E-state index is 0.0350. The Labute approximate surface area is 153 Å². The van der Waals surface area contributed by atoms with Crippen LogP contribution in [0.4, 0.5) is 4.79 Å². The summed E-state index contributed by atoms with van der Waals surface area (Å²) in [7, 11) is 0. The number of rotatable bonds is 4. The Morgan fingerprint density at radius 2 is 1.62 bits per heavy atom. The van der Waals surface area contributed by atoms with Gasteiger partial charge in [-0.25, -0.2) is 4.79 Å². The van der Waals surface area contributed by atoms with Crippen molar-refractivity contribution in [2.45, 2.75) is 39.3 Å². The van der Waals surface area contributed by atoms with Gasteiger partial charge in [0.25, 0.3) is 5.91 Å². The fourth-order valence-electron chi connectivity index (χ4n) is 3.02. The number of phenols is 1. The molecule has 0 aliphatic carbocycles. The van der Waals surface area contributed by atoms with Gasteiger partial charge in [0.1, 0.15) is 12.3 Å². The lowest BCUT2D eigenvalue weighted by Gasteiger charge is -2.20. The van der Waals surface area contributed by atoms with E-state index < -0.39 is 0 Å². The average Bonchev–Trinajstić information content (AvgIpc) is 2.84. The molecule has 1 saturated heterocycles. The van der Waals surface area contributed by atoms with Crippen LogP contribution in [0.25, 0.3) is 0 Å². The fourth-order valence-corrected chi connectivity index (χ4v) is 3.02. The summed E-state index contributed by atoms with van der Waals surface area (Å²) < 4.78 is 0. The van der Waals surface area contributed by atoms with Gasteiger partial charge >= 0.3 is 6.03 Å². The molecule has 3 rings (SSSR count). The maximum atomic E-state index is 12.6. The number of hydrogen-bond donors (Lipinski definition) is 1. The van der Waals surface area contributed by atoms with Crippen LogP contribution in [0.2, 0.25) is 0 Å². The monoisotopic (exact) mass is 352 g/mol. The molecule has 2 aromatic carbocycles. The van der Waals surface area contributed by atoms with Gasteiger partial charge in [-0.3, -0.25) is 9.69 Å². The summed E-state index contributed by atoms with van der Waals surface area (Å²) in [5, 5.41) is 9.88. The topological polar surface area (TPSA) is 60.9 Å². The minimum atomic E-state index is -0.321. The van der Waals surface area contributed by atoms with Gasteiger partial charge in [-0.2, -0.15) is 0 Å². The van der Waals surface area contributed by atoms with E-state index in [-0.39, 0.29) is 42.7 Å². The van der Waals surface area contributed by atoms with Crippen LogP contribution in [0.3, 0.4) is 0 Å². The number of phenolic OH excluding ortho intramolecular Hbond substituents is 1. The van der Waals surface area contributed by atoms with Gasteiger partial charge in [-0.1, -0.05) is 63.2 Å². The zero-order chi connectivity index (χ0) is 18.9. The maximum Gasteiger partial charge on any atom is 0.327 e. The molecule has 0 bridgehead atoms. The first-order valence-corrected chi connectivity index (χ1v) is 8.71. The second kappa shape index (κ2) is 6.83. The van der Waals surface area contributed by atoms with Crippen LogP contribution in [-0.4, -0.2) is 33.4 Å². The SMILES string of the molecule is CC(C)(C)c1ccc(CN2C(=O)CN(Cc3ccccc3O)C2=O)cc1. The number of imide groups is 1. The summed E-state index contributed by atoms with van der Waals surface area (Å²) in [4.78, 5) is 27.6. The lowest BCUT2D eigenvalue weighted by atomic mass is 9.87. The standard InChI is InChI=1S/C21H24N2O3/c1-21(2,3)17-10-8-15(9-11-17)12-23-19(25)14-22(20(23)26)13-16-6-4-5-7-18(16)24/h4-11,24H,12-14H2,1-3H3. The Balaban J connectivity index is 1.70. The average molecular weight is 352 g/mol. The van der Waals surface area contributed by atoms with Crippen molar-refractivity contribution in [2.75, 3.05) is 6.54 Å². The summed E-state index contributed by atoms with van der Waals surface area (Å²) in [6, 6.07) is 14.5. The van der Waals surface area contributed by atoms with Gasteiger partial charge in [0, 0.05) is 5.56 Å². The maximum absolute atomic E-state index is 12.6. The van der Waals surface area contributed by atoms with Crippen molar-refractivity contribution in [3.8, 4) is 5.75 Å². The molecule has 5 heteroatoms. The van der Waals surface area contributed by atoms with Gasteiger partial charge in [-0.15, -0.1) is 0 Å². The van der Waals surface area contributed by atoms with Crippen molar-refractivity contribution in [3.05, 3.63) is 65.2 Å². The molecule has 2 aromatic rings. The van der Waals surface area contributed by atoms with E-state index in [0.29, 0.717) is 5.56 Å². The number of nitrogens with zero attached hydrogens (tertiary/aromatic N) is 2. The summed E-state index contributed by atoms with van der Waals surface area (Å²) >= 11 is 0. The summed E-state index contributed by atoms with van der Waals surface area (Å²) in [6.45, 7) is 6.95. The first-order chi connectivity index (χ1) is 12.3. The van der Waals surface area contributed by atoms with E-state index in [0.717, 1.165) is 5.56 Å². The molecule has 1 fully saturated rings. The van der Waals surface area contributed by atoms with Gasteiger partial charge in [0.15, 0.2) is 0 Å². The van der Waals surface area contributed by atoms with Crippen molar-refractivity contribution in [2.24, 2.45) is 0 Å². The van der Waals surface area contributed by atoms with Crippen molar-refractivity contribution >= 4 is 11.9 Å². The van der Waals surface area contributed by atoms with Crippen LogP contribution >= 0.6 is 0 Å². The number of amides is 3. The van der Waals surface area contributed by atoms with Crippen molar-refractivity contribution in [1.82, 2.24) is 9.80 Å². The molecule has 136 valence electrons. The molecule has 0 aromatic heterocycles. The summed E-state index contributed by atoms with van der Waals surface area (Å²) in [5.41, 5.74) is 2.82. The Hall–Kier alpha value is -2.82. The molecule has 0 spiro atoms. The lowest BCUT2D eigenvalue weighted by molar-refractivity contribution is -0.125. The number of hydrogen-bond acceptors (Lipinski definition) is 3. The smallest absolute Gasteiger partial charge is 0.327 e. The van der Waals surface area contributed by atoms with E-state index in [1.807, 2.05) is 24.3 Å². The first-order valence-electron chi connectivity index (χ1n) is 8.71. The Morgan fingerprint density at radius 3 is 2.23 bits per heavy atom. The van der Waals surface area contributed by atoms with Crippen LogP contribution in [0.5, 0.6) is 5.75 Å². The van der Waals surface area contributed by atoms with Gasteiger partial charge < -0.3 is 10.0 Å². The van der Waals surface area contributed by atoms with Gasteiger partial charge in [0.2, 0.25) is 0 Å². The number of urea groups is 1. The van der Waals surface area contributed by atoms with Gasteiger partial charge in [0.05, 0.1) is 13.1 Å². The Bertz CT molecular complexity index is 822. The predicted octanol–water partition coefficient (Wildman–Crippen LogP) is 3.65. The molecule has 3 amide bonds. The number of benzene rings is 2.